The number of nitriles is 1. The highest BCUT2D eigenvalue weighted by Gasteiger charge is 2.23. The Hall–Kier alpha value is -5.17. The molecule has 0 unspecified atom stereocenters. The number of carbonyl (C=O) groups is 2. The van der Waals surface area contributed by atoms with Crippen LogP contribution in [-0.2, 0) is 17.3 Å². The highest BCUT2D eigenvalue weighted by molar-refractivity contribution is 6.04. The lowest BCUT2D eigenvalue weighted by atomic mass is 9.90. The zero-order chi connectivity index (χ0) is 29.2. The number of rotatable bonds is 6. The molecule has 10 heteroatoms. The smallest absolute Gasteiger partial charge is 0.258 e. The molecular formula is C30H27FN6O3. The minimum atomic E-state index is -0.906. The molecule has 40 heavy (non-hydrogen) atoms. The molecule has 1 aromatic carbocycles. The molecule has 4 aromatic rings. The summed E-state index contributed by atoms with van der Waals surface area (Å²) in [6.45, 7) is 6.48. The van der Waals surface area contributed by atoms with Gasteiger partial charge in [-0.1, -0.05) is 0 Å². The van der Waals surface area contributed by atoms with Crippen LogP contribution < -0.4 is 16.2 Å². The van der Waals surface area contributed by atoms with E-state index in [0.29, 0.717) is 39.3 Å². The van der Waals surface area contributed by atoms with E-state index in [4.69, 9.17) is 0 Å². The molecule has 0 aliphatic carbocycles. The molecule has 3 aromatic heterocycles. The lowest BCUT2D eigenvalue weighted by molar-refractivity contribution is -0.114. The van der Waals surface area contributed by atoms with Gasteiger partial charge in [0.15, 0.2) is 0 Å². The number of aromatic nitrogens is 3. The van der Waals surface area contributed by atoms with Crippen molar-refractivity contribution >= 4 is 23.3 Å². The van der Waals surface area contributed by atoms with Gasteiger partial charge in [0, 0.05) is 43.7 Å². The Labute approximate surface area is 230 Å². The summed E-state index contributed by atoms with van der Waals surface area (Å²) in [5.74, 6) is -1.17. The third-order valence-electron chi connectivity index (χ3n) is 6.37. The number of hydrogen-bond acceptors (Lipinski definition) is 6. The van der Waals surface area contributed by atoms with Crippen LogP contribution in [-0.4, -0.2) is 26.3 Å². The fourth-order valence-corrected chi connectivity index (χ4v) is 4.16. The van der Waals surface area contributed by atoms with Crippen molar-refractivity contribution in [2.45, 2.75) is 33.1 Å². The molecule has 9 nitrogen and oxygen atoms in total. The van der Waals surface area contributed by atoms with Crippen molar-refractivity contribution in [2.24, 2.45) is 7.05 Å². The van der Waals surface area contributed by atoms with Gasteiger partial charge >= 0.3 is 0 Å². The van der Waals surface area contributed by atoms with Gasteiger partial charge in [-0.3, -0.25) is 19.4 Å². The van der Waals surface area contributed by atoms with Gasteiger partial charge in [-0.25, -0.2) is 9.37 Å². The van der Waals surface area contributed by atoms with E-state index in [1.807, 2.05) is 0 Å². The number of amides is 2. The molecule has 0 bridgehead atoms. The van der Waals surface area contributed by atoms with E-state index < -0.39 is 17.1 Å². The summed E-state index contributed by atoms with van der Waals surface area (Å²) in [7, 11) is 1.61. The van der Waals surface area contributed by atoms with Gasteiger partial charge in [0.2, 0.25) is 5.91 Å². The van der Waals surface area contributed by atoms with E-state index >= 15 is 4.39 Å². The first-order chi connectivity index (χ1) is 18.9. The Bertz CT molecular complexity index is 1750. The largest absolute Gasteiger partial charge is 0.319 e. The fraction of sp³-hybridized carbons (Fsp3) is 0.200. The molecule has 0 atom stereocenters. The van der Waals surface area contributed by atoms with Crippen LogP contribution in [0.15, 0.2) is 65.8 Å². The fourth-order valence-electron chi connectivity index (χ4n) is 4.16. The zero-order valence-electron chi connectivity index (χ0n) is 22.7. The molecule has 3 heterocycles. The standard InChI is InChI=1S/C30H27FN6O3/c1-17-10-24(31)25(36-28(39)20-7-8-33-26(12-20)30(3,4)16-32)14-22(17)21-11-23(29(40)37(5)15-21)19-6-9-34-27(13-19)35-18(2)38/h6-15H,1-5H3,(H,36,39)(H,34,35,38). The summed E-state index contributed by atoms with van der Waals surface area (Å²) >= 11 is 0. The predicted octanol–water partition coefficient (Wildman–Crippen LogP) is 4.97. The number of hydrogen-bond donors (Lipinski definition) is 2. The van der Waals surface area contributed by atoms with Gasteiger partial charge in [0.05, 0.1) is 22.9 Å². The third kappa shape index (κ3) is 5.78. The summed E-state index contributed by atoms with van der Waals surface area (Å²) in [4.78, 5) is 45.8. The number of halogens is 1. The minimum Gasteiger partial charge on any atom is -0.319 e. The van der Waals surface area contributed by atoms with E-state index in [2.05, 4.69) is 26.7 Å². The number of benzene rings is 1. The molecule has 0 saturated carbocycles. The Balaban J connectivity index is 1.74. The SMILES string of the molecule is CC(=O)Nc1cc(-c2cc(-c3cc(NC(=O)c4ccnc(C(C)(C)C#N)c4)c(F)cc3C)cn(C)c2=O)ccn1. The van der Waals surface area contributed by atoms with Crippen LogP contribution in [0.25, 0.3) is 22.3 Å². The monoisotopic (exact) mass is 538 g/mol. The molecule has 0 fully saturated rings. The maximum absolute atomic E-state index is 15.0. The Morgan fingerprint density at radius 3 is 2.42 bits per heavy atom. The molecule has 0 radical (unpaired) electrons. The van der Waals surface area contributed by atoms with Gasteiger partial charge in [-0.2, -0.15) is 5.26 Å². The minimum absolute atomic E-state index is 0.0456. The van der Waals surface area contributed by atoms with E-state index in [0.717, 1.165) is 0 Å². The number of pyridine rings is 3. The summed E-state index contributed by atoms with van der Waals surface area (Å²) in [5, 5.41) is 14.6. The van der Waals surface area contributed by atoms with Gasteiger partial charge in [0.25, 0.3) is 11.5 Å². The first-order valence-electron chi connectivity index (χ1n) is 12.3. The van der Waals surface area contributed by atoms with Crippen LogP contribution in [0.4, 0.5) is 15.9 Å². The molecule has 0 spiro atoms. The molecular weight excluding hydrogens is 511 g/mol. The maximum Gasteiger partial charge on any atom is 0.258 e. The van der Waals surface area contributed by atoms with Crippen LogP contribution in [0.1, 0.15) is 42.4 Å². The van der Waals surface area contributed by atoms with Crippen LogP contribution in [0, 0.1) is 24.1 Å². The molecule has 2 amide bonds. The molecule has 0 aliphatic heterocycles. The Morgan fingerprint density at radius 2 is 1.73 bits per heavy atom. The average Bonchev–Trinajstić information content (AvgIpc) is 2.91. The zero-order valence-corrected chi connectivity index (χ0v) is 22.7. The average molecular weight is 539 g/mol. The number of nitrogens with zero attached hydrogens (tertiary/aromatic N) is 4. The van der Waals surface area contributed by atoms with Crippen LogP contribution >= 0.6 is 0 Å². The normalized spacial score (nSPS) is 11.0. The van der Waals surface area contributed by atoms with Crippen LogP contribution in [0.3, 0.4) is 0 Å². The number of aryl methyl sites for hydroxylation is 2. The number of nitrogens with one attached hydrogen (secondary N) is 2. The molecule has 202 valence electrons. The van der Waals surface area contributed by atoms with Gasteiger partial charge in [0.1, 0.15) is 11.6 Å². The van der Waals surface area contributed by atoms with E-state index in [1.165, 1.54) is 48.1 Å². The Kier molecular flexibility index (Phi) is 7.59. The van der Waals surface area contributed by atoms with Crippen molar-refractivity contribution in [3.63, 3.8) is 0 Å². The van der Waals surface area contributed by atoms with Crippen molar-refractivity contribution in [3.8, 4) is 28.3 Å². The second-order valence-electron chi connectivity index (χ2n) is 9.94. The first kappa shape index (κ1) is 27.9. The highest BCUT2D eigenvalue weighted by atomic mass is 19.1. The lowest BCUT2D eigenvalue weighted by Gasteiger charge is -2.16. The van der Waals surface area contributed by atoms with Crippen molar-refractivity contribution in [3.05, 3.63) is 94.0 Å². The summed E-state index contributed by atoms with van der Waals surface area (Å²) in [6.07, 6.45) is 4.56. The molecule has 0 saturated heterocycles. The molecule has 0 aliphatic rings. The second-order valence-corrected chi connectivity index (χ2v) is 9.94. The summed E-state index contributed by atoms with van der Waals surface area (Å²) in [6, 6.07) is 12.9. The summed E-state index contributed by atoms with van der Waals surface area (Å²) < 4.78 is 16.4. The molecule has 2 N–H and O–H groups in total. The molecule has 4 rings (SSSR count). The quantitative estimate of drug-likeness (QED) is 0.357. The number of anilines is 2. The van der Waals surface area contributed by atoms with Crippen molar-refractivity contribution in [2.75, 3.05) is 10.6 Å². The van der Waals surface area contributed by atoms with Crippen molar-refractivity contribution in [1.82, 2.24) is 14.5 Å². The van der Waals surface area contributed by atoms with Gasteiger partial charge in [-0.05, 0) is 85.5 Å². The topological polar surface area (TPSA) is 130 Å². The third-order valence-corrected chi connectivity index (χ3v) is 6.37. The van der Waals surface area contributed by atoms with E-state index in [9.17, 15) is 19.6 Å². The Morgan fingerprint density at radius 1 is 1.00 bits per heavy atom. The first-order valence-corrected chi connectivity index (χ1v) is 12.3. The van der Waals surface area contributed by atoms with Gasteiger partial charge < -0.3 is 15.2 Å². The van der Waals surface area contributed by atoms with E-state index in [1.54, 1.807) is 52.2 Å². The second kappa shape index (κ2) is 10.9. The van der Waals surface area contributed by atoms with Crippen LogP contribution in [0.5, 0.6) is 0 Å². The maximum atomic E-state index is 15.0. The van der Waals surface area contributed by atoms with Crippen molar-refractivity contribution < 1.29 is 14.0 Å². The summed E-state index contributed by atoms with van der Waals surface area (Å²) in [5.41, 5.74) is 2.14. The van der Waals surface area contributed by atoms with Gasteiger partial charge in [-0.15, -0.1) is 0 Å². The highest BCUT2D eigenvalue weighted by Crippen LogP contribution is 2.31. The predicted molar refractivity (Wildman–Crippen MR) is 150 cm³/mol. The van der Waals surface area contributed by atoms with E-state index in [-0.39, 0.29) is 22.7 Å². The lowest BCUT2D eigenvalue weighted by Crippen LogP contribution is -2.19. The van der Waals surface area contributed by atoms with Crippen molar-refractivity contribution in [1.29, 1.82) is 5.26 Å². The number of carbonyl (C=O) groups excluding carboxylic acids is 2. The van der Waals surface area contributed by atoms with Crippen LogP contribution in [0.2, 0.25) is 0 Å².